The molecule has 0 fully saturated rings. The molecule has 0 saturated heterocycles. The zero-order valence-corrected chi connectivity index (χ0v) is 13.9. The van der Waals surface area contributed by atoms with Crippen LogP contribution in [0.2, 0.25) is 0 Å². The van der Waals surface area contributed by atoms with Crippen LogP contribution in [-0.4, -0.2) is 16.1 Å². The first kappa shape index (κ1) is 15.4. The molecule has 0 unspecified atom stereocenters. The predicted octanol–water partition coefficient (Wildman–Crippen LogP) is 3.96. The summed E-state index contributed by atoms with van der Waals surface area (Å²) in [6, 6.07) is 17.1. The summed E-state index contributed by atoms with van der Waals surface area (Å²) in [5, 5.41) is 1.14. The quantitative estimate of drug-likeness (QED) is 0.726. The van der Waals surface area contributed by atoms with Crippen LogP contribution in [0.3, 0.4) is 0 Å². The van der Waals surface area contributed by atoms with Crippen molar-refractivity contribution in [3.8, 4) is 11.5 Å². The van der Waals surface area contributed by atoms with E-state index in [4.69, 9.17) is 10.5 Å². The summed E-state index contributed by atoms with van der Waals surface area (Å²) in [5.74, 6) is 1.15. The van der Waals surface area contributed by atoms with Crippen molar-refractivity contribution in [3.63, 3.8) is 0 Å². The molecule has 5 nitrogen and oxygen atoms in total. The van der Waals surface area contributed by atoms with E-state index in [1.165, 1.54) is 11.8 Å². The monoisotopic (exact) mass is 347 g/mol. The zero-order chi connectivity index (χ0) is 17.2. The molecular formula is C19H13N3O2S. The number of hydrogen-bond acceptors (Lipinski definition) is 5. The van der Waals surface area contributed by atoms with E-state index in [2.05, 4.69) is 9.98 Å². The summed E-state index contributed by atoms with van der Waals surface area (Å²) >= 11 is 1.17. The minimum absolute atomic E-state index is 0.270. The molecule has 1 aliphatic rings. The van der Waals surface area contributed by atoms with Gasteiger partial charge in [0.2, 0.25) is 0 Å². The highest BCUT2D eigenvalue weighted by molar-refractivity contribution is 8.18. The minimum Gasteiger partial charge on any atom is -0.457 e. The van der Waals surface area contributed by atoms with Crippen molar-refractivity contribution in [2.24, 2.45) is 10.7 Å². The van der Waals surface area contributed by atoms with Gasteiger partial charge in [-0.1, -0.05) is 24.3 Å². The van der Waals surface area contributed by atoms with Crippen LogP contribution in [0, 0.1) is 0 Å². The smallest absolute Gasteiger partial charge is 0.286 e. The Morgan fingerprint density at radius 1 is 1.08 bits per heavy atom. The standard InChI is InChI=1S/C19H13N3O2S/c20-19-22-18(23)17(25-19)11-12-6-7-15-14(10-12)16(8-9-21-15)24-13-4-2-1-3-5-13/h1-11H,(H2,20,22,23). The van der Waals surface area contributed by atoms with Crippen LogP contribution in [-0.2, 0) is 4.79 Å². The number of nitrogens with two attached hydrogens (primary N) is 1. The number of pyridine rings is 1. The molecule has 3 aromatic rings. The van der Waals surface area contributed by atoms with Crippen LogP contribution in [0.15, 0.2) is 70.7 Å². The number of amidine groups is 1. The number of hydrogen-bond donors (Lipinski definition) is 1. The number of fused-ring (bicyclic) bond motifs is 1. The Morgan fingerprint density at radius 3 is 2.68 bits per heavy atom. The van der Waals surface area contributed by atoms with Crippen LogP contribution in [0.25, 0.3) is 17.0 Å². The number of rotatable bonds is 3. The van der Waals surface area contributed by atoms with Crippen molar-refractivity contribution in [1.82, 2.24) is 4.98 Å². The molecule has 0 bridgehead atoms. The maximum atomic E-state index is 11.8. The molecule has 0 radical (unpaired) electrons. The predicted molar refractivity (Wildman–Crippen MR) is 100 cm³/mol. The fraction of sp³-hybridized carbons (Fsp3) is 0. The molecule has 0 saturated carbocycles. The van der Waals surface area contributed by atoms with Crippen molar-refractivity contribution in [1.29, 1.82) is 0 Å². The van der Waals surface area contributed by atoms with Crippen molar-refractivity contribution < 1.29 is 9.53 Å². The topological polar surface area (TPSA) is 77.6 Å². The zero-order valence-electron chi connectivity index (χ0n) is 13.0. The van der Waals surface area contributed by atoms with E-state index in [1.807, 2.05) is 54.6 Å². The Balaban J connectivity index is 1.73. The van der Waals surface area contributed by atoms with Crippen molar-refractivity contribution in [2.75, 3.05) is 0 Å². The van der Waals surface area contributed by atoms with E-state index in [1.54, 1.807) is 12.3 Å². The van der Waals surface area contributed by atoms with Gasteiger partial charge < -0.3 is 10.5 Å². The number of para-hydroxylation sites is 1. The fourth-order valence-electron chi connectivity index (χ4n) is 2.51. The Hall–Kier alpha value is -3.12. The molecule has 2 aromatic carbocycles. The lowest BCUT2D eigenvalue weighted by Crippen LogP contribution is -2.01. The fourth-order valence-corrected chi connectivity index (χ4v) is 3.19. The van der Waals surface area contributed by atoms with E-state index >= 15 is 0 Å². The van der Waals surface area contributed by atoms with Gasteiger partial charge in [-0.05, 0) is 53.7 Å². The number of carbonyl (C=O) groups excluding carboxylic acids is 1. The number of aromatic nitrogens is 1. The highest BCUT2D eigenvalue weighted by Gasteiger charge is 2.19. The largest absolute Gasteiger partial charge is 0.457 e. The first-order valence-corrected chi connectivity index (χ1v) is 8.40. The van der Waals surface area contributed by atoms with Crippen LogP contribution < -0.4 is 10.5 Å². The highest BCUT2D eigenvalue weighted by Crippen LogP contribution is 2.31. The molecule has 4 rings (SSSR count). The second-order valence-electron chi connectivity index (χ2n) is 5.37. The SMILES string of the molecule is NC1=NC(=O)C(=Cc2ccc3nccc(Oc4ccccc4)c3c2)S1. The van der Waals surface area contributed by atoms with Crippen molar-refractivity contribution in [2.45, 2.75) is 0 Å². The van der Waals surface area contributed by atoms with Gasteiger partial charge in [-0.25, -0.2) is 0 Å². The summed E-state index contributed by atoms with van der Waals surface area (Å²) in [6.45, 7) is 0. The number of benzene rings is 2. The van der Waals surface area contributed by atoms with E-state index in [-0.39, 0.29) is 11.1 Å². The van der Waals surface area contributed by atoms with E-state index in [9.17, 15) is 4.79 Å². The second-order valence-corrected chi connectivity index (χ2v) is 6.43. The number of carbonyl (C=O) groups is 1. The molecule has 0 atom stereocenters. The number of ether oxygens (including phenoxy) is 1. The molecule has 2 heterocycles. The second kappa shape index (κ2) is 6.41. The van der Waals surface area contributed by atoms with E-state index in [0.29, 0.717) is 10.7 Å². The normalized spacial score (nSPS) is 15.6. The summed E-state index contributed by atoms with van der Waals surface area (Å²) in [7, 11) is 0. The third kappa shape index (κ3) is 3.25. The van der Waals surface area contributed by atoms with Gasteiger partial charge in [0.25, 0.3) is 5.91 Å². The van der Waals surface area contributed by atoms with E-state index in [0.717, 1.165) is 22.2 Å². The molecule has 1 aliphatic heterocycles. The summed E-state index contributed by atoms with van der Waals surface area (Å²) in [6.07, 6.45) is 3.48. The molecule has 0 spiro atoms. The van der Waals surface area contributed by atoms with Crippen LogP contribution in [0.5, 0.6) is 11.5 Å². The molecular weight excluding hydrogens is 334 g/mol. The van der Waals surface area contributed by atoms with Crippen molar-refractivity contribution >= 4 is 39.8 Å². The number of amides is 1. The summed E-state index contributed by atoms with van der Waals surface area (Å²) in [5.41, 5.74) is 7.27. The summed E-state index contributed by atoms with van der Waals surface area (Å²) in [4.78, 5) is 20.4. The van der Waals surface area contributed by atoms with Gasteiger partial charge in [-0.3, -0.25) is 9.78 Å². The molecule has 2 N–H and O–H groups in total. The number of thioether (sulfide) groups is 1. The van der Waals surface area contributed by atoms with Gasteiger partial charge >= 0.3 is 0 Å². The third-order valence-electron chi connectivity index (χ3n) is 3.63. The van der Waals surface area contributed by atoms with Gasteiger partial charge in [0.05, 0.1) is 10.4 Å². The van der Waals surface area contributed by atoms with Gasteiger partial charge in [0.15, 0.2) is 5.17 Å². The Bertz CT molecular complexity index is 1030. The summed E-state index contributed by atoms with van der Waals surface area (Å²) < 4.78 is 5.98. The van der Waals surface area contributed by atoms with Gasteiger partial charge in [-0.15, -0.1) is 0 Å². The van der Waals surface area contributed by atoms with Crippen molar-refractivity contribution in [3.05, 3.63) is 71.3 Å². The molecule has 122 valence electrons. The highest BCUT2D eigenvalue weighted by atomic mass is 32.2. The lowest BCUT2D eigenvalue weighted by atomic mass is 10.1. The van der Waals surface area contributed by atoms with Crippen LogP contribution >= 0.6 is 11.8 Å². The average Bonchev–Trinajstić information content (AvgIpc) is 2.93. The first-order chi connectivity index (χ1) is 12.2. The van der Waals surface area contributed by atoms with Gasteiger partial charge in [0.1, 0.15) is 11.5 Å². The average molecular weight is 347 g/mol. The molecule has 1 aromatic heterocycles. The Kier molecular flexibility index (Phi) is 3.95. The molecule has 25 heavy (non-hydrogen) atoms. The van der Waals surface area contributed by atoms with Crippen LogP contribution in [0.4, 0.5) is 0 Å². The molecule has 1 amide bonds. The molecule has 0 aliphatic carbocycles. The Labute approximate surface area is 148 Å². The minimum atomic E-state index is -0.311. The van der Waals surface area contributed by atoms with Gasteiger partial charge in [0, 0.05) is 11.6 Å². The third-order valence-corrected chi connectivity index (χ3v) is 4.44. The lowest BCUT2D eigenvalue weighted by molar-refractivity contribution is -0.113. The number of aliphatic imine (C=N–C) groups is 1. The lowest BCUT2D eigenvalue weighted by Gasteiger charge is -2.09. The Morgan fingerprint density at radius 2 is 1.92 bits per heavy atom. The maximum absolute atomic E-state index is 11.8. The van der Waals surface area contributed by atoms with Crippen LogP contribution in [0.1, 0.15) is 5.56 Å². The number of nitrogens with zero attached hydrogens (tertiary/aromatic N) is 2. The molecule has 6 heteroatoms. The van der Waals surface area contributed by atoms with Gasteiger partial charge in [-0.2, -0.15) is 4.99 Å². The maximum Gasteiger partial charge on any atom is 0.286 e. The van der Waals surface area contributed by atoms with E-state index < -0.39 is 0 Å². The first-order valence-electron chi connectivity index (χ1n) is 7.59.